The van der Waals surface area contributed by atoms with Crippen molar-refractivity contribution in [2.75, 3.05) is 6.26 Å². The summed E-state index contributed by atoms with van der Waals surface area (Å²) in [5, 5.41) is 9.98. The van der Waals surface area contributed by atoms with Gasteiger partial charge in [-0.2, -0.15) is 0 Å². The molecule has 0 atom stereocenters. The largest absolute Gasteiger partial charge is 0.481 e. The van der Waals surface area contributed by atoms with Crippen molar-refractivity contribution in [1.29, 1.82) is 0 Å². The monoisotopic (exact) mass is 312 g/mol. The summed E-state index contributed by atoms with van der Waals surface area (Å²) in [6, 6.07) is 1.90. The predicted octanol–water partition coefficient (Wildman–Crippen LogP) is 2.61. The van der Waals surface area contributed by atoms with Crippen LogP contribution in [0.3, 0.4) is 0 Å². The summed E-state index contributed by atoms with van der Waals surface area (Å²) in [6.07, 6.45) is 3.24. The first-order chi connectivity index (χ1) is 9.56. The van der Waals surface area contributed by atoms with E-state index >= 15 is 0 Å². The van der Waals surface area contributed by atoms with Gasteiger partial charge in [0, 0.05) is 17.8 Å². The first-order valence-electron chi connectivity index (χ1n) is 6.35. The van der Waals surface area contributed by atoms with E-state index in [0.717, 1.165) is 16.1 Å². The van der Waals surface area contributed by atoms with E-state index in [-0.39, 0.29) is 12.0 Å². The minimum absolute atomic E-state index is 0.0577. The molecular weight excluding hydrogens is 296 g/mol. The van der Waals surface area contributed by atoms with Crippen LogP contribution in [-0.4, -0.2) is 26.9 Å². The highest BCUT2D eigenvalue weighted by atomic mass is 32.2. The maximum atomic E-state index is 12.5. The number of rotatable bonds is 6. The molecule has 7 heteroatoms. The van der Waals surface area contributed by atoms with Crippen molar-refractivity contribution >= 4 is 39.3 Å². The van der Waals surface area contributed by atoms with Crippen LogP contribution in [0.5, 0.6) is 0 Å². The number of fused-ring (bicyclic) bond motifs is 1. The molecule has 0 aliphatic rings. The van der Waals surface area contributed by atoms with E-state index in [1.165, 1.54) is 11.8 Å². The molecule has 108 valence electrons. The third-order valence-electron chi connectivity index (χ3n) is 2.97. The molecule has 2 aromatic rings. The number of thiophene rings is 1. The van der Waals surface area contributed by atoms with Gasteiger partial charge in [0.25, 0.3) is 5.56 Å². The van der Waals surface area contributed by atoms with Gasteiger partial charge in [-0.15, -0.1) is 11.3 Å². The molecule has 0 aliphatic heterocycles. The molecule has 0 radical (unpaired) electrons. The Morgan fingerprint density at radius 2 is 2.30 bits per heavy atom. The van der Waals surface area contributed by atoms with Gasteiger partial charge in [-0.05, 0) is 25.2 Å². The molecule has 0 bridgehead atoms. The topological polar surface area (TPSA) is 72.2 Å². The Hall–Kier alpha value is -1.34. The zero-order valence-corrected chi connectivity index (χ0v) is 13.0. The van der Waals surface area contributed by atoms with Crippen LogP contribution >= 0.6 is 23.1 Å². The molecule has 0 saturated carbocycles. The molecule has 20 heavy (non-hydrogen) atoms. The highest BCUT2D eigenvalue weighted by Gasteiger charge is 2.13. The molecule has 2 heterocycles. The van der Waals surface area contributed by atoms with Crippen molar-refractivity contribution in [3.63, 3.8) is 0 Å². The molecule has 2 rings (SSSR count). The lowest BCUT2D eigenvalue weighted by Crippen LogP contribution is -2.23. The molecule has 0 unspecified atom stereocenters. The van der Waals surface area contributed by atoms with Gasteiger partial charge in [0.2, 0.25) is 0 Å². The van der Waals surface area contributed by atoms with Crippen molar-refractivity contribution < 1.29 is 9.90 Å². The molecule has 0 aromatic carbocycles. The van der Waals surface area contributed by atoms with Gasteiger partial charge in [-0.1, -0.05) is 18.7 Å². The fraction of sp³-hybridized carbons (Fsp3) is 0.462. The van der Waals surface area contributed by atoms with Gasteiger partial charge in [0.15, 0.2) is 5.16 Å². The van der Waals surface area contributed by atoms with Crippen LogP contribution in [0, 0.1) is 0 Å². The zero-order chi connectivity index (χ0) is 14.7. The summed E-state index contributed by atoms with van der Waals surface area (Å²) in [7, 11) is 0. The first-order valence-corrected chi connectivity index (χ1v) is 8.40. The normalized spacial score (nSPS) is 11.1. The Morgan fingerprint density at radius 1 is 1.55 bits per heavy atom. The second-order valence-electron chi connectivity index (χ2n) is 4.34. The van der Waals surface area contributed by atoms with E-state index in [1.54, 1.807) is 15.9 Å². The second kappa shape index (κ2) is 6.41. The summed E-state index contributed by atoms with van der Waals surface area (Å²) in [6.45, 7) is 2.44. The summed E-state index contributed by atoms with van der Waals surface area (Å²) in [5.41, 5.74) is -0.0688. The summed E-state index contributed by atoms with van der Waals surface area (Å²) in [5.74, 6) is -0.846. The van der Waals surface area contributed by atoms with Gasteiger partial charge in [0.05, 0.1) is 5.39 Å². The number of hydrogen-bond acceptors (Lipinski definition) is 5. The number of carboxylic acid groups (broad SMARTS) is 1. The maximum absolute atomic E-state index is 12.5. The number of aromatic nitrogens is 2. The van der Waals surface area contributed by atoms with E-state index in [2.05, 4.69) is 4.98 Å². The minimum Gasteiger partial charge on any atom is -0.481 e. The highest BCUT2D eigenvalue weighted by molar-refractivity contribution is 7.98. The van der Waals surface area contributed by atoms with Gasteiger partial charge < -0.3 is 5.11 Å². The van der Waals surface area contributed by atoms with E-state index < -0.39 is 5.97 Å². The first kappa shape index (κ1) is 15.1. The van der Waals surface area contributed by atoms with Crippen molar-refractivity contribution in [3.05, 3.63) is 21.3 Å². The van der Waals surface area contributed by atoms with Crippen LogP contribution in [0.1, 0.15) is 24.6 Å². The van der Waals surface area contributed by atoms with Gasteiger partial charge in [0.1, 0.15) is 4.83 Å². The lowest BCUT2D eigenvalue weighted by molar-refractivity contribution is -0.137. The quantitative estimate of drug-likeness (QED) is 0.655. The second-order valence-corrected chi connectivity index (χ2v) is 6.23. The molecule has 2 aromatic heterocycles. The number of hydrogen-bond donors (Lipinski definition) is 1. The fourth-order valence-corrected chi connectivity index (χ4v) is 3.56. The molecule has 0 fully saturated rings. The van der Waals surface area contributed by atoms with Gasteiger partial charge >= 0.3 is 5.97 Å². The number of aliphatic carboxylic acids is 1. The van der Waals surface area contributed by atoms with Crippen LogP contribution in [0.15, 0.2) is 16.0 Å². The van der Waals surface area contributed by atoms with Crippen LogP contribution in [0.4, 0.5) is 0 Å². The number of nitrogens with zero attached hydrogens (tertiary/aromatic N) is 2. The maximum Gasteiger partial charge on any atom is 0.303 e. The number of carboxylic acids is 1. The summed E-state index contributed by atoms with van der Waals surface area (Å²) >= 11 is 2.96. The molecule has 5 nitrogen and oxygen atoms in total. The van der Waals surface area contributed by atoms with E-state index in [0.29, 0.717) is 23.5 Å². The lowest BCUT2D eigenvalue weighted by Gasteiger charge is -2.09. The molecule has 0 amide bonds. The third-order valence-corrected chi connectivity index (χ3v) is 4.82. The number of carbonyl (C=O) groups is 1. The van der Waals surface area contributed by atoms with Crippen molar-refractivity contribution in [2.45, 2.75) is 37.9 Å². The fourth-order valence-electron chi connectivity index (χ4n) is 1.96. The summed E-state index contributed by atoms with van der Waals surface area (Å²) in [4.78, 5) is 29.5. The average molecular weight is 312 g/mol. The van der Waals surface area contributed by atoms with E-state index in [1.807, 2.05) is 19.2 Å². The van der Waals surface area contributed by atoms with Gasteiger partial charge in [-0.3, -0.25) is 14.2 Å². The zero-order valence-electron chi connectivity index (χ0n) is 11.4. The van der Waals surface area contributed by atoms with E-state index in [4.69, 9.17) is 5.11 Å². The van der Waals surface area contributed by atoms with Gasteiger partial charge in [-0.25, -0.2) is 4.98 Å². The standard InChI is InChI=1S/C13H16N2O3S2/c1-3-8-7-9-11(20-8)14-13(19-2)15(12(9)18)6-4-5-10(16)17/h7H,3-6H2,1-2H3,(H,16,17). The molecule has 1 N–H and O–H groups in total. The Labute approximate surface area is 124 Å². The minimum atomic E-state index is -0.846. The SMILES string of the molecule is CCc1cc2c(=O)n(CCCC(=O)O)c(SC)nc2s1. The van der Waals surface area contributed by atoms with Crippen LogP contribution in [0.2, 0.25) is 0 Å². The average Bonchev–Trinajstić information content (AvgIpc) is 2.84. The van der Waals surface area contributed by atoms with Crippen LogP contribution < -0.4 is 5.56 Å². The Morgan fingerprint density at radius 3 is 2.90 bits per heavy atom. The van der Waals surface area contributed by atoms with E-state index in [9.17, 15) is 9.59 Å². The molecule has 0 saturated heterocycles. The third kappa shape index (κ3) is 3.04. The van der Waals surface area contributed by atoms with Crippen LogP contribution in [0.25, 0.3) is 10.2 Å². The molecule has 0 aliphatic carbocycles. The van der Waals surface area contributed by atoms with Crippen molar-refractivity contribution in [1.82, 2.24) is 9.55 Å². The number of aryl methyl sites for hydroxylation is 1. The Kier molecular flexibility index (Phi) is 4.82. The van der Waals surface area contributed by atoms with Crippen LogP contribution in [-0.2, 0) is 17.8 Å². The van der Waals surface area contributed by atoms with Crippen molar-refractivity contribution in [2.24, 2.45) is 0 Å². The lowest BCUT2D eigenvalue weighted by atomic mass is 10.3. The summed E-state index contributed by atoms with van der Waals surface area (Å²) < 4.78 is 1.59. The molecule has 0 spiro atoms. The Balaban J connectivity index is 2.43. The molecular formula is C13H16N2O3S2. The van der Waals surface area contributed by atoms with Crippen molar-refractivity contribution in [3.8, 4) is 0 Å². The number of thioether (sulfide) groups is 1. The smallest absolute Gasteiger partial charge is 0.303 e. The predicted molar refractivity (Wildman–Crippen MR) is 81.9 cm³/mol. The Bertz CT molecular complexity index is 691. The highest BCUT2D eigenvalue weighted by Crippen LogP contribution is 2.24.